The Labute approximate surface area is 113 Å². The quantitative estimate of drug-likeness (QED) is 0.879. The van der Waals surface area contributed by atoms with Gasteiger partial charge in [-0.05, 0) is 30.2 Å². The van der Waals surface area contributed by atoms with Crippen molar-refractivity contribution in [2.75, 3.05) is 27.9 Å². The largest absolute Gasteiger partial charge is 0.493 e. The minimum absolute atomic E-state index is 0.103. The number of methoxy groups -OCH3 is 2. The Morgan fingerprint density at radius 1 is 1.32 bits per heavy atom. The van der Waals surface area contributed by atoms with Crippen molar-refractivity contribution in [2.24, 2.45) is 0 Å². The van der Waals surface area contributed by atoms with Crippen LogP contribution in [0.15, 0.2) is 12.1 Å². The van der Waals surface area contributed by atoms with E-state index in [1.807, 2.05) is 13.0 Å². The van der Waals surface area contributed by atoms with Gasteiger partial charge in [0.05, 0.1) is 26.9 Å². The number of likely N-dealkylation sites (N-methyl/N-ethyl adjacent to an activating group) is 1. The molecule has 0 aliphatic carbocycles. The molecule has 0 spiro atoms. The van der Waals surface area contributed by atoms with Crippen molar-refractivity contribution in [1.82, 2.24) is 4.90 Å². The first-order valence-electron chi connectivity index (χ1n) is 6.03. The second kappa shape index (κ2) is 6.43. The highest BCUT2D eigenvalue weighted by atomic mass is 16.5. The molecule has 0 radical (unpaired) electrons. The number of rotatable bonds is 5. The number of carbonyl (C=O) groups is 1. The second-order valence-electron chi connectivity index (χ2n) is 4.39. The van der Waals surface area contributed by atoms with E-state index in [1.165, 1.54) is 11.8 Å². The summed E-state index contributed by atoms with van der Waals surface area (Å²) in [5, 5.41) is 9.55. The Bertz CT molecular complexity index is 459. The molecule has 0 heterocycles. The number of hydrogen-bond acceptors (Lipinski definition) is 4. The van der Waals surface area contributed by atoms with E-state index in [2.05, 4.69) is 0 Å². The molecule has 0 bridgehead atoms. The van der Waals surface area contributed by atoms with Crippen molar-refractivity contribution < 1.29 is 19.4 Å². The molecule has 0 aliphatic rings. The third kappa shape index (κ3) is 3.17. The number of aliphatic hydroxyl groups excluding tert-OH is 1. The average molecular weight is 267 g/mol. The lowest BCUT2D eigenvalue weighted by molar-refractivity contribution is -0.130. The zero-order chi connectivity index (χ0) is 14.6. The van der Waals surface area contributed by atoms with E-state index in [9.17, 15) is 9.90 Å². The van der Waals surface area contributed by atoms with Crippen molar-refractivity contribution in [3.8, 4) is 11.5 Å². The number of aliphatic hydroxyl groups is 1. The number of benzene rings is 1. The Morgan fingerprint density at radius 3 is 2.26 bits per heavy atom. The van der Waals surface area contributed by atoms with Crippen LogP contribution in [0.2, 0.25) is 0 Å². The number of hydrogen-bond donors (Lipinski definition) is 1. The van der Waals surface area contributed by atoms with Gasteiger partial charge in [-0.2, -0.15) is 0 Å². The minimum atomic E-state index is -0.391. The van der Waals surface area contributed by atoms with Gasteiger partial charge < -0.3 is 19.5 Å². The highest BCUT2D eigenvalue weighted by Crippen LogP contribution is 2.34. The first kappa shape index (κ1) is 15.3. The van der Waals surface area contributed by atoms with Gasteiger partial charge in [-0.25, -0.2) is 0 Å². The fraction of sp³-hybridized carbons (Fsp3) is 0.500. The molecule has 1 aromatic rings. The van der Waals surface area contributed by atoms with Crippen LogP contribution < -0.4 is 9.47 Å². The summed E-state index contributed by atoms with van der Waals surface area (Å²) >= 11 is 0. The van der Waals surface area contributed by atoms with E-state index in [1.54, 1.807) is 27.3 Å². The molecule has 1 unspecified atom stereocenters. The molecular weight excluding hydrogens is 246 g/mol. The molecule has 1 N–H and O–H groups in total. The van der Waals surface area contributed by atoms with Gasteiger partial charge in [-0.3, -0.25) is 4.79 Å². The number of amides is 1. The van der Waals surface area contributed by atoms with Crippen molar-refractivity contribution >= 4 is 5.91 Å². The summed E-state index contributed by atoms with van der Waals surface area (Å²) in [4.78, 5) is 13.0. The van der Waals surface area contributed by atoms with Crippen LogP contribution >= 0.6 is 0 Å². The summed E-state index contributed by atoms with van der Waals surface area (Å²) in [7, 11) is 4.79. The fourth-order valence-corrected chi connectivity index (χ4v) is 2.00. The lowest BCUT2D eigenvalue weighted by Crippen LogP contribution is -2.31. The van der Waals surface area contributed by atoms with Crippen LogP contribution in [0.3, 0.4) is 0 Å². The summed E-state index contributed by atoms with van der Waals surface area (Å²) in [6, 6.07) is 3.25. The maximum absolute atomic E-state index is 11.5. The molecule has 5 heteroatoms. The van der Waals surface area contributed by atoms with E-state index in [-0.39, 0.29) is 12.5 Å². The molecule has 1 aromatic carbocycles. The molecule has 1 atom stereocenters. The summed E-state index contributed by atoms with van der Waals surface area (Å²) < 4.78 is 10.5. The molecule has 19 heavy (non-hydrogen) atoms. The smallest absolute Gasteiger partial charge is 0.219 e. The number of aryl methyl sites for hydroxylation is 1. The van der Waals surface area contributed by atoms with Crippen LogP contribution in [0, 0.1) is 6.92 Å². The van der Waals surface area contributed by atoms with E-state index in [0.29, 0.717) is 11.5 Å². The minimum Gasteiger partial charge on any atom is -0.493 e. The molecule has 0 aromatic heterocycles. The third-order valence-electron chi connectivity index (χ3n) is 3.27. The van der Waals surface area contributed by atoms with Gasteiger partial charge in [-0.1, -0.05) is 0 Å². The Hall–Kier alpha value is -1.75. The van der Waals surface area contributed by atoms with Gasteiger partial charge in [0.1, 0.15) is 0 Å². The zero-order valence-electron chi connectivity index (χ0n) is 12.1. The molecular formula is C14H21NO4. The van der Waals surface area contributed by atoms with Crippen molar-refractivity contribution in [3.63, 3.8) is 0 Å². The first-order chi connectivity index (χ1) is 8.96. The van der Waals surface area contributed by atoms with Crippen LogP contribution in [0.5, 0.6) is 11.5 Å². The summed E-state index contributed by atoms with van der Waals surface area (Å²) in [6.07, 6.45) is 0. The van der Waals surface area contributed by atoms with E-state index in [0.717, 1.165) is 11.1 Å². The van der Waals surface area contributed by atoms with Crippen LogP contribution in [0.1, 0.15) is 24.1 Å². The fourth-order valence-electron chi connectivity index (χ4n) is 2.00. The van der Waals surface area contributed by atoms with Gasteiger partial charge in [0.15, 0.2) is 11.5 Å². The van der Waals surface area contributed by atoms with Gasteiger partial charge in [0.25, 0.3) is 0 Å². The third-order valence-corrected chi connectivity index (χ3v) is 3.27. The standard InChI is InChI=1S/C14H21NO4/c1-9-6-13(18-4)14(19-5)7-11(9)12(8-16)15(3)10(2)17/h6-7,12,16H,8H2,1-5H3. The molecule has 1 rings (SSSR count). The van der Waals surface area contributed by atoms with Crippen molar-refractivity contribution in [3.05, 3.63) is 23.3 Å². The first-order valence-corrected chi connectivity index (χ1v) is 6.03. The van der Waals surface area contributed by atoms with Crippen molar-refractivity contribution in [2.45, 2.75) is 19.9 Å². The molecule has 0 saturated heterocycles. The average Bonchev–Trinajstić information content (AvgIpc) is 2.40. The van der Waals surface area contributed by atoms with Gasteiger partial charge in [0, 0.05) is 14.0 Å². The summed E-state index contributed by atoms with van der Waals surface area (Å²) in [5.41, 5.74) is 1.78. The topological polar surface area (TPSA) is 59.0 Å². The van der Waals surface area contributed by atoms with Crippen LogP contribution in [-0.4, -0.2) is 43.8 Å². The predicted octanol–water partition coefficient (Wildman–Crippen LogP) is 1.52. The maximum atomic E-state index is 11.5. The second-order valence-corrected chi connectivity index (χ2v) is 4.39. The molecule has 1 amide bonds. The summed E-state index contributed by atoms with van der Waals surface area (Å²) in [6.45, 7) is 3.24. The SMILES string of the molecule is COc1cc(C)c(C(CO)N(C)C(C)=O)cc1OC. The van der Waals surface area contributed by atoms with E-state index >= 15 is 0 Å². The van der Waals surface area contributed by atoms with E-state index in [4.69, 9.17) is 9.47 Å². The molecule has 0 aliphatic heterocycles. The molecule has 106 valence electrons. The molecule has 0 fully saturated rings. The Balaban J connectivity index is 3.28. The zero-order valence-corrected chi connectivity index (χ0v) is 12.1. The molecule has 5 nitrogen and oxygen atoms in total. The number of nitrogens with zero attached hydrogens (tertiary/aromatic N) is 1. The number of ether oxygens (including phenoxy) is 2. The lowest BCUT2D eigenvalue weighted by Gasteiger charge is -2.27. The summed E-state index contributed by atoms with van der Waals surface area (Å²) in [5.74, 6) is 1.11. The van der Waals surface area contributed by atoms with Crippen LogP contribution in [0.25, 0.3) is 0 Å². The van der Waals surface area contributed by atoms with Gasteiger partial charge >= 0.3 is 0 Å². The monoisotopic (exact) mass is 267 g/mol. The maximum Gasteiger partial charge on any atom is 0.219 e. The Morgan fingerprint density at radius 2 is 1.84 bits per heavy atom. The predicted molar refractivity (Wildman–Crippen MR) is 72.6 cm³/mol. The van der Waals surface area contributed by atoms with E-state index < -0.39 is 6.04 Å². The highest BCUT2D eigenvalue weighted by Gasteiger charge is 2.22. The highest BCUT2D eigenvalue weighted by molar-refractivity contribution is 5.73. The molecule has 0 saturated carbocycles. The van der Waals surface area contributed by atoms with Crippen LogP contribution in [-0.2, 0) is 4.79 Å². The normalized spacial score (nSPS) is 11.9. The Kier molecular flexibility index (Phi) is 5.18. The van der Waals surface area contributed by atoms with Crippen molar-refractivity contribution in [1.29, 1.82) is 0 Å². The number of carbonyl (C=O) groups excluding carboxylic acids is 1. The lowest BCUT2D eigenvalue weighted by atomic mass is 9.99. The van der Waals surface area contributed by atoms with Gasteiger partial charge in [0.2, 0.25) is 5.91 Å². The van der Waals surface area contributed by atoms with Crippen LogP contribution in [0.4, 0.5) is 0 Å². The van der Waals surface area contributed by atoms with Gasteiger partial charge in [-0.15, -0.1) is 0 Å².